The molecule has 0 N–H and O–H groups in total. The standard InChI is InChI=1S/C16H22N4O2S/c21-23(22,16-7-2-1-3-8-16)13-12-19-10-5-4-6-15(19)14-20-11-9-17-18-20/h1-3,7-9,11,15H,4-6,10,12-14H2. The van der Waals surface area contributed by atoms with E-state index in [2.05, 4.69) is 15.2 Å². The number of aromatic nitrogens is 3. The minimum atomic E-state index is -3.22. The molecule has 2 aromatic rings. The van der Waals surface area contributed by atoms with E-state index in [0.29, 0.717) is 17.5 Å². The monoisotopic (exact) mass is 334 g/mol. The van der Waals surface area contributed by atoms with E-state index in [1.165, 1.54) is 6.42 Å². The normalized spacial score (nSPS) is 19.7. The molecule has 0 aliphatic carbocycles. The predicted molar refractivity (Wildman–Crippen MR) is 87.7 cm³/mol. The number of sulfone groups is 1. The van der Waals surface area contributed by atoms with Crippen LogP contribution in [0.1, 0.15) is 19.3 Å². The van der Waals surface area contributed by atoms with Crippen LogP contribution in [0.3, 0.4) is 0 Å². The first-order valence-electron chi connectivity index (χ1n) is 8.01. The van der Waals surface area contributed by atoms with Crippen LogP contribution in [0.15, 0.2) is 47.6 Å². The van der Waals surface area contributed by atoms with E-state index in [4.69, 9.17) is 0 Å². The van der Waals surface area contributed by atoms with Gasteiger partial charge in [-0.3, -0.25) is 9.58 Å². The van der Waals surface area contributed by atoms with E-state index in [0.717, 1.165) is 25.9 Å². The third-order valence-corrected chi connectivity index (χ3v) is 6.08. The summed E-state index contributed by atoms with van der Waals surface area (Å²) >= 11 is 0. The Bertz CT molecular complexity index is 701. The molecular formula is C16H22N4O2S. The summed E-state index contributed by atoms with van der Waals surface area (Å²) in [5, 5.41) is 7.86. The van der Waals surface area contributed by atoms with Crippen molar-refractivity contribution in [3.05, 3.63) is 42.7 Å². The van der Waals surface area contributed by atoms with Crippen LogP contribution >= 0.6 is 0 Å². The van der Waals surface area contributed by atoms with E-state index in [1.807, 2.05) is 16.9 Å². The molecule has 0 spiro atoms. The van der Waals surface area contributed by atoms with Crippen LogP contribution in [0, 0.1) is 0 Å². The summed E-state index contributed by atoms with van der Waals surface area (Å²) in [5.41, 5.74) is 0. The molecule has 1 aliphatic heterocycles. The first-order valence-corrected chi connectivity index (χ1v) is 9.66. The summed E-state index contributed by atoms with van der Waals surface area (Å²) in [7, 11) is -3.22. The molecule has 1 atom stereocenters. The Morgan fingerprint density at radius 3 is 2.74 bits per heavy atom. The van der Waals surface area contributed by atoms with Crippen molar-refractivity contribution in [3.63, 3.8) is 0 Å². The minimum absolute atomic E-state index is 0.158. The summed E-state index contributed by atoms with van der Waals surface area (Å²) in [6.45, 7) is 2.28. The van der Waals surface area contributed by atoms with Crippen molar-refractivity contribution in [3.8, 4) is 0 Å². The zero-order chi connectivity index (χ0) is 16.1. The minimum Gasteiger partial charge on any atom is -0.298 e. The maximum Gasteiger partial charge on any atom is 0.179 e. The number of piperidine rings is 1. The second kappa shape index (κ2) is 7.23. The molecule has 1 saturated heterocycles. The second-order valence-electron chi connectivity index (χ2n) is 5.94. The lowest BCUT2D eigenvalue weighted by molar-refractivity contribution is 0.137. The lowest BCUT2D eigenvalue weighted by Crippen LogP contribution is -2.44. The number of nitrogens with zero attached hydrogens (tertiary/aromatic N) is 4. The summed E-state index contributed by atoms with van der Waals surface area (Å²) in [4.78, 5) is 2.69. The largest absolute Gasteiger partial charge is 0.298 e. The Balaban J connectivity index is 1.63. The van der Waals surface area contributed by atoms with Crippen molar-refractivity contribution in [2.24, 2.45) is 0 Å². The van der Waals surface area contributed by atoms with Crippen LogP contribution in [0.25, 0.3) is 0 Å². The van der Waals surface area contributed by atoms with Crippen LogP contribution in [-0.2, 0) is 16.4 Å². The van der Waals surface area contributed by atoms with Crippen molar-refractivity contribution >= 4 is 9.84 Å². The van der Waals surface area contributed by atoms with Gasteiger partial charge >= 0.3 is 0 Å². The van der Waals surface area contributed by atoms with Gasteiger partial charge in [-0.1, -0.05) is 29.8 Å². The highest BCUT2D eigenvalue weighted by Gasteiger charge is 2.25. The molecule has 2 heterocycles. The van der Waals surface area contributed by atoms with Gasteiger partial charge in [0.15, 0.2) is 9.84 Å². The molecule has 23 heavy (non-hydrogen) atoms. The number of likely N-dealkylation sites (tertiary alicyclic amines) is 1. The van der Waals surface area contributed by atoms with Crippen LogP contribution in [0.2, 0.25) is 0 Å². The second-order valence-corrected chi connectivity index (χ2v) is 8.05. The van der Waals surface area contributed by atoms with Crippen LogP contribution in [0.4, 0.5) is 0 Å². The fourth-order valence-corrected chi connectivity index (χ4v) is 4.37. The van der Waals surface area contributed by atoms with Crippen molar-refractivity contribution < 1.29 is 8.42 Å². The number of benzene rings is 1. The van der Waals surface area contributed by atoms with Crippen molar-refractivity contribution in [1.29, 1.82) is 0 Å². The van der Waals surface area contributed by atoms with E-state index in [9.17, 15) is 8.42 Å². The highest BCUT2D eigenvalue weighted by Crippen LogP contribution is 2.19. The van der Waals surface area contributed by atoms with Crippen molar-refractivity contribution in [1.82, 2.24) is 19.9 Å². The fraction of sp³-hybridized carbons (Fsp3) is 0.500. The molecule has 6 nitrogen and oxygen atoms in total. The van der Waals surface area contributed by atoms with Crippen LogP contribution < -0.4 is 0 Å². The van der Waals surface area contributed by atoms with Crippen LogP contribution in [0.5, 0.6) is 0 Å². The average molecular weight is 334 g/mol. The fourth-order valence-electron chi connectivity index (χ4n) is 3.09. The molecule has 0 saturated carbocycles. The summed E-state index contributed by atoms with van der Waals surface area (Å²) in [5.74, 6) is 0.158. The van der Waals surface area contributed by atoms with E-state index in [-0.39, 0.29) is 5.75 Å². The van der Waals surface area contributed by atoms with Gasteiger partial charge in [0.25, 0.3) is 0 Å². The van der Waals surface area contributed by atoms with E-state index >= 15 is 0 Å². The lowest BCUT2D eigenvalue weighted by Gasteiger charge is -2.35. The van der Waals surface area contributed by atoms with Gasteiger partial charge in [-0.2, -0.15) is 0 Å². The van der Waals surface area contributed by atoms with Gasteiger partial charge in [-0.15, -0.1) is 5.10 Å². The van der Waals surface area contributed by atoms with Crippen LogP contribution in [-0.4, -0.2) is 53.2 Å². The Hall–Kier alpha value is -1.73. The van der Waals surface area contributed by atoms with Gasteiger partial charge < -0.3 is 0 Å². The Labute approximate surface area is 137 Å². The van der Waals surface area contributed by atoms with Gasteiger partial charge in [-0.25, -0.2) is 8.42 Å². The molecule has 1 aromatic carbocycles. The highest BCUT2D eigenvalue weighted by atomic mass is 32.2. The molecule has 124 valence electrons. The molecule has 1 fully saturated rings. The van der Waals surface area contributed by atoms with Crippen molar-refractivity contribution in [2.75, 3.05) is 18.8 Å². The van der Waals surface area contributed by atoms with Gasteiger partial charge in [0.1, 0.15) is 0 Å². The molecule has 7 heteroatoms. The third-order valence-electron chi connectivity index (χ3n) is 4.37. The zero-order valence-electron chi connectivity index (χ0n) is 13.1. The topological polar surface area (TPSA) is 68.1 Å². The first kappa shape index (κ1) is 16.1. The Morgan fingerprint density at radius 1 is 1.17 bits per heavy atom. The predicted octanol–water partition coefficient (Wildman–Crippen LogP) is 1.61. The molecule has 0 amide bonds. The Morgan fingerprint density at radius 2 is 2.00 bits per heavy atom. The van der Waals surface area contributed by atoms with Gasteiger partial charge in [0, 0.05) is 18.8 Å². The zero-order valence-corrected chi connectivity index (χ0v) is 13.9. The quantitative estimate of drug-likeness (QED) is 0.803. The molecule has 0 radical (unpaired) electrons. The lowest BCUT2D eigenvalue weighted by atomic mass is 10.0. The van der Waals surface area contributed by atoms with Gasteiger partial charge in [0.2, 0.25) is 0 Å². The molecule has 1 aliphatic rings. The number of hydrogen-bond acceptors (Lipinski definition) is 5. The molecule has 1 aromatic heterocycles. The van der Waals surface area contributed by atoms with Crippen molar-refractivity contribution in [2.45, 2.75) is 36.7 Å². The summed E-state index contributed by atoms with van der Waals surface area (Å²) in [6.07, 6.45) is 6.91. The maximum atomic E-state index is 12.4. The van der Waals surface area contributed by atoms with E-state index in [1.54, 1.807) is 30.5 Å². The molecule has 0 bridgehead atoms. The SMILES string of the molecule is O=S(=O)(CCN1CCCCC1Cn1ccnn1)c1ccccc1. The molecule has 1 unspecified atom stereocenters. The van der Waals surface area contributed by atoms with Gasteiger partial charge in [0.05, 0.1) is 23.4 Å². The van der Waals surface area contributed by atoms with E-state index < -0.39 is 9.84 Å². The summed E-state index contributed by atoms with van der Waals surface area (Å²) < 4.78 is 26.7. The highest BCUT2D eigenvalue weighted by molar-refractivity contribution is 7.91. The average Bonchev–Trinajstić information content (AvgIpc) is 3.08. The molecular weight excluding hydrogens is 312 g/mol. The van der Waals surface area contributed by atoms with Gasteiger partial charge in [-0.05, 0) is 31.5 Å². The Kier molecular flexibility index (Phi) is 5.07. The third kappa shape index (κ3) is 4.17. The number of rotatable bonds is 6. The maximum absolute atomic E-state index is 12.4. The number of hydrogen-bond donors (Lipinski definition) is 0. The first-order chi connectivity index (χ1) is 11.1. The molecule has 3 rings (SSSR count). The summed E-state index contributed by atoms with van der Waals surface area (Å²) in [6, 6.07) is 9.02. The smallest absolute Gasteiger partial charge is 0.179 e.